The minimum atomic E-state index is -4.74. The van der Waals surface area contributed by atoms with Crippen molar-refractivity contribution in [2.24, 2.45) is 5.84 Å². The maximum atomic E-state index is 13.2. The highest BCUT2D eigenvalue weighted by Gasteiger charge is 2.35. The van der Waals surface area contributed by atoms with Gasteiger partial charge < -0.3 is 4.74 Å². The van der Waals surface area contributed by atoms with E-state index < -0.39 is 29.2 Å². The van der Waals surface area contributed by atoms with E-state index >= 15 is 0 Å². The van der Waals surface area contributed by atoms with Gasteiger partial charge in [0.1, 0.15) is 5.82 Å². The van der Waals surface area contributed by atoms with Crippen molar-refractivity contribution in [1.29, 1.82) is 0 Å². The van der Waals surface area contributed by atoms with Crippen molar-refractivity contribution in [3.05, 3.63) is 35.1 Å². The molecular formula is C13H18F4N2O. The van der Waals surface area contributed by atoms with Gasteiger partial charge in [0.2, 0.25) is 0 Å². The fourth-order valence-corrected chi connectivity index (χ4v) is 1.82. The van der Waals surface area contributed by atoms with Gasteiger partial charge in [0.15, 0.2) is 0 Å². The van der Waals surface area contributed by atoms with Gasteiger partial charge in [0.25, 0.3) is 0 Å². The van der Waals surface area contributed by atoms with Crippen LogP contribution in [0.4, 0.5) is 17.6 Å². The molecule has 0 spiro atoms. The number of nitrogens with one attached hydrogen (secondary N) is 1. The van der Waals surface area contributed by atoms with Gasteiger partial charge in [-0.15, -0.1) is 0 Å². The third-order valence-corrected chi connectivity index (χ3v) is 3.15. The lowest BCUT2D eigenvalue weighted by molar-refractivity contribution is -0.140. The van der Waals surface area contributed by atoms with E-state index in [0.717, 1.165) is 12.1 Å². The van der Waals surface area contributed by atoms with E-state index in [9.17, 15) is 17.6 Å². The van der Waals surface area contributed by atoms with Gasteiger partial charge >= 0.3 is 6.18 Å². The normalized spacial score (nSPS) is 14.4. The number of hydrazine groups is 1. The molecule has 0 amide bonds. The summed E-state index contributed by atoms with van der Waals surface area (Å²) >= 11 is 0. The molecule has 1 unspecified atom stereocenters. The molecule has 0 saturated heterocycles. The number of methoxy groups -OCH3 is 1. The summed E-state index contributed by atoms with van der Waals surface area (Å²) in [6, 6.07) is 2.26. The average Bonchev–Trinajstić information content (AvgIpc) is 2.35. The number of rotatable bonds is 5. The number of hydrogen-bond donors (Lipinski definition) is 2. The van der Waals surface area contributed by atoms with E-state index in [1.165, 1.54) is 13.2 Å². The molecule has 1 aromatic carbocycles. The first-order chi connectivity index (χ1) is 9.10. The summed E-state index contributed by atoms with van der Waals surface area (Å²) in [5.41, 5.74) is 0.813. The highest BCUT2D eigenvalue weighted by atomic mass is 19.4. The molecule has 1 aromatic rings. The highest BCUT2D eigenvalue weighted by molar-refractivity contribution is 5.29. The molecular weight excluding hydrogens is 276 g/mol. The number of alkyl halides is 3. The van der Waals surface area contributed by atoms with Crippen LogP contribution < -0.4 is 11.3 Å². The quantitative estimate of drug-likeness (QED) is 0.498. The molecule has 0 bridgehead atoms. The molecule has 20 heavy (non-hydrogen) atoms. The lowest BCUT2D eigenvalue weighted by Gasteiger charge is -2.28. The summed E-state index contributed by atoms with van der Waals surface area (Å²) in [7, 11) is 1.50. The van der Waals surface area contributed by atoms with Crippen LogP contribution in [0.25, 0.3) is 0 Å². The second kappa shape index (κ2) is 6.07. The molecule has 7 heteroatoms. The summed E-state index contributed by atoms with van der Waals surface area (Å²) < 4.78 is 56.5. The monoisotopic (exact) mass is 294 g/mol. The van der Waals surface area contributed by atoms with Gasteiger partial charge in [-0.25, -0.2) is 4.39 Å². The molecule has 0 aromatic heterocycles. The standard InChI is InChI=1S/C13H18F4N2O/c1-12(2,20-3)7-11(19-18)8-4-5-10(14)9(6-8)13(15,16)17/h4-6,11,19H,7,18H2,1-3H3. The molecule has 0 radical (unpaired) electrons. The Morgan fingerprint density at radius 2 is 1.90 bits per heavy atom. The average molecular weight is 294 g/mol. The van der Waals surface area contributed by atoms with Crippen LogP contribution >= 0.6 is 0 Å². The van der Waals surface area contributed by atoms with E-state index in [-0.39, 0.29) is 5.56 Å². The van der Waals surface area contributed by atoms with E-state index in [0.29, 0.717) is 6.42 Å². The van der Waals surface area contributed by atoms with Gasteiger partial charge in [-0.05, 0) is 38.0 Å². The molecule has 0 saturated carbocycles. The summed E-state index contributed by atoms with van der Waals surface area (Å²) in [6.07, 6.45) is -4.40. The van der Waals surface area contributed by atoms with Crippen LogP contribution in [0.2, 0.25) is 0 Å². The van der Waals surface area contributed by atoms with Crippen molar-refractivity contribution in [3.63, 3.8) is 0 Å². The number of ether oxygens (including phenoxy) is 1. The van der Waals surface area contributed by atoms with Crippen LogP contribution in [0.3, 0.4) is 0 Å². The number of benzene rings is 1. The number of hydrogen-bond acceptors (Lipinski definition) is 3. The van der Waals surface area contributed by atoms with Gasteiger partial charge in [-0.2, -0.15) is 13.2 Å². The first-order valence-corrected chi connectivity index (χ1v) is 5.98. The Kier molecular flexibility index (Phi) is 5.12. The van der Waals surface area contributed by atoms with Crippen molar-refractivity contribution < 1.29 is 22.3 Å². The Morgan fingerprint density at radius 3 is 2.35 bits per heavy atom. The third-order valence-electron chi connectivity index (χ3n) is 3.15. The van der Waals surface area contributed by atoms with Gasteiger partial charge in [-0.3, -0.25) is 11.3 Å². The van der Waals surface area contributed by atoms with Crippen molar-refractivity contribution in [3.8, 4) is 0 Å². The predicted molar refractivity (Wildman–Crippen MR) is 67.2 cm³/mol. The van der Waals surface area contributed by atoms with E-state index in [2.05, 4.69) is 5.43 Å². The fourth-order valence-electron chi connectivity index (χ4n) is 1.82. The number of halogens is 4. The fraction of sp³-hybridized carbons (Fsp3) is 0.538. The predicted octanol–water partition coefficient (Wildman–Crippen LogP) is 3.16. The van der Waals surface area contributed by atoms with Crippen LogP contribution in [0.1, 0.15) is 37.4 Å². The first kappa shape index (κ1) is 16.9. The molecule has 114 valence electrons. The van der Waals surface area contributed by atoms with Crippen LogP contribution in [0.5, 0.6) is 0 Å². The van der Waals surface area contributed by atoms with Crippen molar-refractivity contribution in [1.82, 2.24) is 5.43 Å². The Hall–Kier alpha value is -1.18. The topological polar surface area (TPSA) is 47.3 Å². The Bertz CT molecular complexity index is 460. The summed E-state index contributed by atoms with van der Waals surface area (Å²) in [5, 5.41) is 0. The summed E-state index contributed by atoms with van der Waals surface area (Å²) in [4.78, 5) is 0. The molecule has 0 aliphatic carbocycles. The highest BCUT2D eigenvalue weighted by Crippen LogP contribution is 2.34. The van der Waals surface area contributed by atoms with E-state index in [4.69, 9.17) is 10.6 Å². The molecule has 0 fully saturated rings. The van der Waals surface area contributed by atoms with Gasteiger partial charge in [-0.1, -0.05) is 6.07 Å². The summed E-state index contributed by atoms with van der Waals surface area (Å²) in [5.74, 6) is 4.08. The van der Waals surface area contributed by atoms with Crippen molar-refractivity contribution >= 4 is 0 Å². The zero-order valence-electron chi connectivity index (χ0n) is 11.5. The summed E-state index contributed by atoms with van der Waals surface area (Å²) in [6.45, 7) is 3.57. The molecule has 1 rings (SSSR count). The van der Waals surface area contributed by atoms with Gasteiger partial charge in [0.05, 0.1) is 11.2 Å². The maximum absolute atomic E-state index is 13.2. The SMILES string of the molecule is COC(C)(C)CC(NN)c1ccc(F)c(C(F)(F)F)c1. The molecule has 0 heterocycles. The number of nitrogens with two attached hydrogens (primary N) is 1. The van der Waals surface area contributed by atoms with Crippen LogP contribution in [0.15, 0.2) is 18.2 Å². The Labute approximate surface area is 115 Å². The lowest BCUT2D eigenvalue weighted by Crippen LogP contribution is -2.35. The largest absolute Gasteiger partial charge is 0.419 e. The second-order valence-electron chi connectivity index (χ2n) is 5.12. The van der Waals surface area contributed by atoms with Crippen LogP contribution in [0, 0.1) is 5.82 Å². The molecule has 3 N–H and O–H groups in total. The van der Waals surface area contributed by atoms with Crippen molar-refractivity contribution in [2.75, 3.05) is 7.11 Å². The smallest absolute Gasteiger partial charge is 0.379 e. The van der Waals surface area contributed by atoms with E-state index in [1.807, 2.05) is 0 Å². The minimum absolute atomic E-state index is 0.256. The zero-order chi connectivity index (χ0) is 15.6. The molecule has 0 aliphatic rings. The van der Waals surface area contributed by atoms with Crippen molar-refractivity contribution in [2.45, 2.75) is 38.1 Å². The Morgan fingerprint density at radius 1 is 1.30 bits per heavy atom. The molecule has 0 aliphatic heterocycles. The third kappa shape index (κ3) is 4.16. The zero-order valence-corrected chi connectivity index (χ0v) is 11.5. The Balaban J connectivity index is 3.11. The first-order valence-electron chi connectivity index (χ1n) is 5.98. The van der Waals surface area contributed by atoms with Gasteiger partial charge in [0, 0.05) is 13.2 Å². The lowest BCUT2D eigenvalue weighted by atomic mass is 9.93. The second-order valence-corrected chi connectivity index (χ2v) is 5.12. The molecule has 3 nitrogen and oxygen atoms in total. The van der Waals surface area contributed by atoms with Crippen LogP contribution in [-0.2, 0) is 10.9 Å². The van der Waals surface area contributed by atoms with E-state index in [1.54, 1.807) is 13.8 Å². The molecule has 1 atom stereocenters. The minimum Gasteiger partial charge on any atom is -0.379 e. The van der Waals surface area contributed by atoms with Crippen LogP contribution in [-0.4, -0.2) is 12.7 Å². The maximum Gasteiger partial charge on any atom is 0.419 e.